The number of amides is 1. The zero-order chi connectivity index (χ0) is 23.4. The van der Waals surface area contributed by atoms with E-state index in [4.69, 9.17) is 4.74 Å². The average molecular weight is 447 g/mol. The van der Waals surface area contributed by atoms with Gasteiger partial charge in [0.05, 0.1) is 18.4 Å². The van der Waals surface area contributed by atoms with E-state index in [0.29, 0.717) is 30.0 Å². The fourth-order valence-corrected chi connectivity index (χ4v) is 4.23. The van der Waals surface area contributed by atoms with Gasteiger partial charge in [0.25, 0.3) is 5.91 Å². The maximum absolute atomic E-state index is 12.6. The summed E-state index contributed by atoms with van der Waals surface area (Å²) < 4.78 is 5.21. The van der Waals surface area contributed by atoms with E-state index in [1.165, 1.54) is 6.33 Å². The predicted octanol–water partition coefficient (Wildman–Crippen LogP) is 3.20. The molecule has 0 radical (unpaired) electrons. The molecule has 2 aromatic carbocycles. The molecule has 3 aromatic rings. The maximum Gasteiger partial charge on any atom is 0.335 e. The highest BCUT2D eigenvalue weighted by molar-refractivity contribution is 5.92. The van der Waals surface area contributed by atoms with Crippen molar-refractivity contribution in [2.75, 3.05) is 7.11 Å². The van der Waals surface area contributed by atoms with Crippen LogP contribution in [0, 0.1) is 6.92 Å². The number of nitrogens with one attached hydrogen (secondary N) is 2. The molecule has 1 aliphatic carbocycles. The van der Waals surface area contributed by atoms with Gasteiger partial charge in [0.15, 0.2) is 0 Å². The number of carboxylic acids is 1. The molecule has 3 N–H and O–H groups in total. The van der Waals surface area contributed by atoms with Crippen molar-refractivity contribution in [3.63, 3.8) is 0 Å². The summed E-state index contributed by atoms with van der Waals surface area (Å²) in [6.45, 7) is 2.71. The van der Waals surface area contributed by atoms with Crippen molar-refractivity contribution in [3.8, 4) is 5.75 Å². The van der Waals surface area contributed by atoms with Crippen molar-refractivity contribution < 1.29 is 19.4 Å². The molecular weight excluding hydrogens is 420 g/mol. The molecule has 1 atom stereocenters. The molecule has 0 saturated heterocycles. The van der Waals surface area contributed by atoms with Crippen molar-refractivity contribution in [2.45, 2.75) is 38.9 Å². The number of aromatic nitrogens is 2. The molecule has 170 valence electrons. The van der Waals surface area contributed by atoms with Gasteiger partial charge < -0.3 is 20.5 Å². The van der Waals surface area contributed by atoms with E-state index in [1.807, 2.05) is 37.3 Å². The first-order valence-electron chi connectivity index (χ1n) is 10.8. The number of methoxy groups -OCH3 is 1. The second-order valence-electron chi connectivity index (χ2n) is 8.01. The lowest BCUT2D eigenvalue weighted by Crippen LogP contribution is -2.25. The van der Waals surface area contributed by atoms with Crippen molar-refractivity contribution in [1.29, 1.82) is 0 Å². The van der Waals surface area contributed by atoms with E-state index < -0.39 is 5.97 Å². The first kappa shape index (κ1) is 22.4. The Morgan fingerprint density at radius 2 is 2.00 bits per heavy atom. The Kier molecular flexibility index (Phi) is 6.65. The number of nitrogens with zero attached hydrogens (tertiary/aromatic N) is 2. The number of aromatic carboxylic acids is 1. The van der Waals surface area contributed by atoms with Crippen molar-refractivity contribution in [2.24, 2.45) is 0 Å². The van der Waals surface area contributed by atoms with Gasteiger partial charge in [0.1, 0.15) is 17.8 Å². The number of carbonyl (C=O) groups is 2. The molecule has 0 bridgehead atoms. The lowest BCUT2D eigenvalue weighted by Gasteiger charge is -2.15. The number of hydrogen-bond acceptors (Lipinski definition) is 6. The highest BCUT2D eigenvalue weighted by Crippen LogP contribution is 2.34. The van der Waals surface area contributed by atoms with Gasteiger partial charge in [-0.3, -0.25) is 4.79 Å². The first-order valence-corrected chi connectivity index (χ1v) is 10.8. The van der Waals surface area contributed by atoms with Gasteiger partial charge in [-0.25, -0.2) is 14.8 Å². The van der Waals surface area contributed by atoms with Crippen molar-refractivity contribution in [1.82, 2.24) is 20.6 Å². The van der Waals surface area contributed by atoms with E-state index in [0.717, 1.165) is 40.8 Å². The molecule has 4 rings (SSSR count). The van der Waals surface area contributed by atoms with Gasteiger partial charge in [-0.1, -0.05) is 18.2 Å². The third-order valence-corrected chi connectivity index (χ3v) is 6.00. The zero-order valence-corrected chi connectivity index (χ0v) is 18.6. The minimum Gasteiger partial charge on any atom is -0.497 e. The van der Waals surface area contributed by atoms with E-state index in [1.54, 1.807) is 19.2 Å². The van der Waals surface area contributed by atoms with Gasteiger partial charge in [-0.15, -0.1) is 0 Å². The second-order valence-corrected chi connectivity index (χ2v) is 8.01. The highest BCUT2D eigenvalue weighted by Gasteiger charge is 2.26. The first-order chi connectivity index (χ1) is 16.0. The Morgan fingerprint density at radius 1 is 1.15 bits per heavy atom. The van der Waals surface area contributed by atoms with Crippen LogP contribution in [0.4, 0.5) is 0 Å². The molecule has 33 heavy (non-hydrogen) atoms. The van der Waals surface area contributed by atoms with Crippen LogP contribution >= 0.6 is 0 Å². The Balaban J connectivity index is 1.38. The van der Waals surface area contributed by atoms with Crippen LogP contribution in [0.2, 0.25) is 0 Å². The molecular formula is C25H26N4O4. The van der Waals surface area contributed by atoms with Crippen molar-refractivity contribution >= 4 is 11.9 Å². The zero-order valence-electron chi connectivity index (χ0n) is 18.6. The van der Waals surface area contributed by atoms with Gasteiger partial charge in [-0.05, 0) is 66.3 Å². The summed E-state index contributed by atoms with van der Waals surface area (Å²) >= 11 is 0. The molecule has 0 aliphatic heterocycles. The average Bonchev–Trinajstić information content (AvgIpc) is 3.25. The second kappa shape index (κ2) is 9.79. The highest BCUT2D eigenvalue weighted by atomic mass is 16.5. The fraction of sp³-hybridized carbons (Fsp3) is 0.280. The Labute approximate surface area is 192 Å². The third kappa shape index (κ3) is 5.01. The number of carbonyl (C=O) groups excluding carboxylic acids is 1. The van der Waals surface area contributed by atoms with Crippen LogP contribution in [-0.4, -0.2) is 34.1 Å². The predicted molar refractivity (Wildman–Crippen MR) is 122 cm³/mol. The van der Waals surface area contributed by atoms with Gasteiger partial charge >= 0.3 is 5.97 Å². The Bertz CT molecular complexity index is 1190. The summed E-state index contributed by atoms with van der Waals surface area (Å²) in [6, 6.07) is 12.9. The molecule has 1 aromatic heterocycles. The maximum atomic E-state index is 12.6. The van der Waals surface area contributed by atoms with E-state index in [9.17, 15) is 14.7 Å². The van der Waals surface area contributed by atoms with E-state index in [-0.39, 0.29) is 11.9 Å². The summed E-state index contributed by atoms with van der Waals surface area (Å²) in [5, 5.41) is 15.7. The number of hydrogen-bond donors (Lipinski definition) is 3. The number of fused-ring (bicyclic) bond motifs is 1. The smallest absolute Gasteiger partial charge is 0.335 e. The lowest BCUT2D eigenvalue weighted by molar-refractivity contribution is 0.0695. The van der Waals surface area contributed by atoms with Gasteiger partial charge in [0.2, 0.25) is 0 Å². The van der Waals surface area contributed by atoms with Crippen molar-refractivity contribution in [3.05, 3.63) is 88.0 Å². The fourth-order valence-electron chi connectivity index (χ4n) is 4.23. The minimum atomic E-state index is -0.898. The molecule has 0 saturated carbocycles. The monoisotopic (exact) mass is 446 g/mol. The molecule has 0 fully saturated rings. The summed E-state index contributed by atoms with van der Waals surface area (Å²) in [6.07, 6.45) is 3.11. The quantitative estimate of drug-likeness (QED) is 0.487. The van der Waals surface area contributed by atoms with Gasteiger partial charge in [-0.2, -0.15) is 0 Å². The number of carboxylic acid groups (broad SMARTS) is 1. The summed E-state index contributed by atoms with van der Waals surface area (Å²) in [5.74, 6) is -0.436. The summed E-state index contributed by atoms with van der Waals surface area (Å²) in [4.78, 5) is 32.4. The van der Waals surface area contributed by atoms with Crippen LogP contribution in [0.25, 0.3) is 0 Å². The van der Waals surface area contributed by atoms with Crippen LogP contribution < -0.4 is 15.4 Å². The molecule has 1 heterocycles. The van der Waals surface area contributed by atoms with E-state index in [2.05, 4.69) is 20.6 Å². The largest absolute Gasteiger partial charge is 0.497 e. The molecule has 1 amide bonds. The molecule has 0 spiro atoms. The lowest BCUT2D eigenvalue weighted by atomic mass is 9.98. The Hall–Kier alpha value is -3.78. The molecule has 8 nitrogen and oxygen atoms in total. The topological polar surface area (TPSA) is 113 Å². The number of rotatable bonds is 8. The van der Waals surface area contributed by atoms with Crippen LogP contribution in [0.1, 0.15) is 61.3 Å². The van der Waals surface area contributed by atoms with Gasteiger partial charge in [0, 0.05) is 19.1 Å². The Morgan fingerprint density at radius 3 is 2.79 bits per heavy atom. The third-order valence-electron chi connectivity index (χ3n) is 6.00. The van der Waals surface area contributed by atoms with Crippen LogP contribution in [0.3, 0.4) is 0 Å². The molecule has 1 aliphatic rings. The normalized spacial score (nSPS) is 14.5. The molecule has 1 unspecified atom stereocenters. The number of ether oxygens (including phenoxy) is 1. The standard InChI is InChI=1S/C25H26N4O4/c1-15-19-8-9-22(21(19)7-6-20(15)25(31)32)26-13-17-11-23(29-14-28-17)24(30)27-12-16-4-3-5-18(10-16)33-2/h3-7,10-11,14,22,26H,8-9,12-13H2,1-2H3,(H,27,30)(H,31,32). The number of benzene rings is 2. The van der Waals surface area contributed by atoms with E-state index >= 15 is 0 Å². The summed E-state index contributed by atoms with van der Waals surface area (Å²) in [5.41, 5.74) is 5.37. The van der Waals surface area contributed by atoms with Crippen LogP contribution in [0.5, 0.6) is 5.75 Å². The van der Waals surface area contributed by atoms with Crippen LogP contribution in [-0.2, 0) is 19.5 Å². The SMILES string of the molecule is COc1cccc(CNC(=O)c2cc(CNC3CCc4c3ccc(C(=O)O)c4C)ncn2)c1. The minimum absolute atomic E-state index is 0.113. The molecule has 8 heteroatoms. The summed E-state index contributed by atoms with van der Waals surface area (Å²) in [7, 11) is 1.60. The van der Waals surface area contributed by atoms with Crippen LogP contribution in [0.15, 0.2) is 48.8 Å².